The zero-order valence-electron chi connectivity index (χ0n) is 14.7. The second-order valence-electron chi connectivity index (χ2n) is 5.70. The smallest absolute Gasteiger partial charge is 0.234 e. The molecule has 1 N–H and O–H groups in total. The zero-order valence-corrected chi connectivity index (χ0v) is 17.7. The number of nitrogens with zero attached hydrogens (tertiary/aromatic N) is 3. The van der Waals surface area contributed by atoms with Gasteiger partial charge in [0.15, 0.2) is 0 Å². The van der Waals surface area contributed by atoms with Gasteiger partial charge in [-0.1, -0.05) is 52.6 Å². The Labute approximate surface area is 181 Å². The number of benzene rings is 2. The summed E-state index contributed by atoms with van der Waals surface area (Å²) in [4.78, 5) is 16.6. The number of anilines is 1. The largest absolute Gasteiger partial charge is 0.441 e. The number of rotatable bonds is 4. The number of amides is 1. The van der Waals surface area contributed by atoms with Crippen LogP contribution in [0.4, 0.5) is 5.69 Å². The molecule has 1 heterocycles. The Morgan fingerprint density at radius 3 is 2.71 bits per heavy atom. The van der Waals surface area contributed by atoms with Crippen molar-refractivity contribution in [2.45, 2.75) is 0 Å². The third kappa shape index (κ3) is 5.78. The lowest BCUT2D eigenvalue weighted by Gasteiger charge is -2.20. The van der Waals surface area contributed by atoms with E-state index in [-0.39, 0.29) is 11.7 Å². The van der Waals surface area contributed by atoms with Crippen molar-refractivity contribution in [2.75, 3.05) is 24.7 Å². The Morgan fingerprint density at radius 2 is 1.96 bits per heavy atom. The first kappa shape index (κ1) is 20.8. The fraction of sp³-hybridized carbons (Fsp3) is 0.167. The van der Waals surface area contributed by atoms with Gasteiger partial charge in [-0.05, 0) is 36.4 Å². The molecular weight excluding hydrogens is 443 g/mol. The molecule has 146 valence electrons. The average Bonchev–Trinajstić information content (AvgIpc) is 2.65. The number of carbonyl (C=O) groups excluding carboxylic acids is 1. The number of likely N-dealkylation sites (N-methyl/N-ethyl adjacent to an activating group) is 1. The maximum absolute atomic E-state index is 12.2. The van der Waals surface area contributed by atoms with E-state index in [1.165, 1.54) is 11.8 Å². The molecule has 0 aliphatic carbocycles. The van der Waals surface area contributed by atoms with Crippen LogP contribution in [0.15, 0.2) is 52.6 Å². The van der Waals surface area contributed by atoms with Gasteiger partial charge in [-0.15, -0.1) is 5.10 Å². The molecule has 0 fully saturated rings. The molecule has 1 aliphatic rings. The summed E-state index contributed by atoms with van der Waals surface area (Å²) in [6.07, 6.45) is 0. The maximum atomic E-state index is 12.2. The summed E-state index contributed by atoms with van der Waals surface area (Å²) in [7, 11) is 1.80. The molecule has 2 aromatic rings. The molecule has 0 saturated carbocycles. The van der Waals surface area contributed by atoms with Crippen molar-refractivity contribution in [2.24, 2.45) is 10.1 Å². The molecule has 1 amide bonds. The van der Waals surface area contributed by atoms with Gasteiger partial charge in [-0.2, -0.15) is 4.99 Å². The lowest BCUT2D eigenvalue weighted by Crippen LogP contribution is -2.31. The molecule has 0 bridgehead atoms. The quantitative estimate of drug-likeness (QED) is 0.700. The number of hydrogen-bond donors (Lipinski definition) is 1. The van der Waals surface area contributed by atoms with Crippen LogP contribution in [-0.4, -0.2) is 41.3 Å². The monoisotopic (exact) mass is 456 g/mol. The normalized spacial score (nSPS) is 13.6. The van der Waals surface area contributed by atoms with Gasteiger partial charge in [0, 0.05) is 12.1 Å². The van der Waals surface area contributed by atoms with Crippen molar-refractivity contribution in [3.05, 3.63) is 57.5 Å². The van der Waals surface area contributed by atoms with Crippen LogP contribution >= 0.6 is 46.6 Å². The molecule has 28 heavy (non-hydrogen) atoms. The molecule has 2 aromatic carbocycles. The van der Waals surface area contributed by atoms with Crippen LogP contribution in [0.3, 0.4) is 0 Å². The summed E-state index contributed by atoms with van der Waals surface area (Å²) in [5.74, 6) is 0.949. The number of aliphatic imine (C=N–C) groups is 1. The first-order valence-electron chi connectivity index (χ1n) is 8.08. The third-order valence-corrected chi connectivity index (χ3v) is 5.36. The lowest BCUT2D eigenvalue weighted by molar-refractivity contribution is -0.113. The number of halogens is 3. The highest BCUT2D eigenvalue weighted by atomic mass is 35.5. The molecule has 0 aromatic heterocycles. The number of amidine groups is 1. The van der Waals surface area contributed by atoms with Crippen LogP contribution in [0.5, 0.6) is 5.75 Å². The van der Waals surface area contributed by atoms with E-state index in [1.807, 2.05) is 0 Å². The number of hydrogen-bond acceptors (Lipinski definition) is 6. The third-order valence-electron chi connectivity index (χ3n) is 3.45. The van der Waals surface area contributed by atoms with Crippen LogP contribution in [0.2, 0.25) is 15.1 Å². The van der Waals surface area contributed by atoms with Gasteiger partial charge in [-0.3, -0.25) is 9.80 Å². The van der Waals surface area contributed by atoms with Crippen molar-refractivity contribution in [1.29, 1.82) is 0 Å². The highest BCUT2D eigenvalue weighted by Crippen LogP contribution is 2.29. The minimum atomic E-state index is -0.250. The van der Waals surface area contributed by atoms with Crippen LogP contribution < -0.4 is 10.1 Å². The highest BCUT2D eigenvalue weighted by Gasteiger charge is 2.17. The van der Waals surface area contributed by atoms with Crippen molar-refractivity contribution >= 4 is 69.2 Å². The van der Waals surface area contributed by atoms with Gasteiger partial charge in [0.1, 0.15) is 12.3 Å². The molecule has 0 atom stereocenters. The summed E-state index contributed by atoms with van der Waals surface area (Å²) in [5.41, 5.74) is 0.456. The minimum absolute atomic E-state index is 0.104. The van der Waals surface area contributed by atoms with E-state index in [1.54, 1.807) is 54.5 Å². The van der Waals surface area contributed by atoms with E-state index < -0.39 is 0 Å². The predicted molar refractivity (Wildman–Crippen MR) is 117 cm³/mol. The number of hydrazone groups is 1. The van der Waals surface area contributed by atoms with Gasteiger partial charge < -0.3 is 10.1 Å². The van der Waals surface area contributed by atoms with Gasteiger partial charge in [-0.25, -0.2) is 0 Å². The molecule has 0 spiro atoms. The van der Waals surface area contributed by atoms with E-state index >= 15 is 0 Å². The lowest BCUT2D eigenvalue weighted by atomic mass is 10.3. The minimum Gasteiger partial charge on any atom is -0.441 e. The van der Waals surface area contributed by atoms with E-state index in [9.17, 15) is 4.79 Å². The standard InChI is InChI=1S/C18H15Cl3N4O2S/c1-25-9-16(27-12-7-5-11(19)6-8-12)23-18(24-25)28-10-15(26)22-14-4-2-3-13(20)17(14)21/h2-8H,9-10H2,1H3,(H,22,26). The Hall–Kier alpha value is -1.93. The van der Waals surface area contributed by atoms with E-state index in [2.05, 4.69) is 15.4 Å². The maximum Gasteiger partial charge on any atom is 0.234 e. The summed E-state index contributed by atoms with van der Waals surface area (Å²) in [5, 5.41) is 10.4. The predicted octanol–water partition coefficient (Wildman–Crippen LogP) is 5.01. The fourth-order valence-corrected chi connectivity index (χ4v) is 3.38. The fourth-order valence-electron chi connectivity index (χ4n) is 2.21. The molecule has 0 radical (unpaired) electrons. The number of thioether (sulfide) groups is 1. The first-order valence-corrected chi connectivity index (χ1v) is 10.2. The Morgan fingerprint density at radius 1 is 1.21 bits per heavy atom. The zero-order chi connectivity index (χ0) is 20.1. The van der Waals surface area contributed by atoms with Crippen LogP contribution in [0, 0.1) is 0 Å². The highest BCUT2D eigenvalue weighted by molar-refractivity contribution is 8.14. The molecule has 10 heteroatoms. The average molecular weight is 458 g/mol. The molecular formula is C18H15Cl3N4O2S. The number of nitrogens with one attached hydrogen (secondary N) is 1. The molecule has 0 unspecified atom stereocenters. The Kier molecular flexibility index (Phi) is 7.07. The molecule has 1 aliphatic heterocycles. The van der Waals surface area contributed by atoms with Gasteiger partial charge in [0.2, 0.25) is 17.0 Å². The van der Waals surface area contributed by atoms with Crippen molar-refractivity contribution in [3.63, 3.8) is 0 Å². The molecule has 6 nitrogen and oxygen atoms in total. The summed E-state index contributed by atoms with van der Waals surface area (Å²) < 4.78 is 5.77. The Bertz CT molecular complexity index is 935. The summed E-state index contributed by atoms with van der Waals surface area (Å²) in [6.45, 7) is 0.414. The summed E-state index contributed by atoms with van der Waals surface area (Å²) >= 11 is 19.1. The van der Waals surface area contributed by atoms with E-state index in [4.69, 9.17) is 39.5 Å². The SMILES string of the molecule is CN1CC(Oc2ccc(Cl)cc2)=NC(SCC(=O)Nc2cccc(Cl)c2Cl)=N1. The van der Waals surface area contributed by atoms with Crippen molar-refractivity contribution in [3.8, 4) is 5.75 Å². The Balaban J connectivity index is 1.59. The van der Waals surface area contributed by atoms with Gasteiger partial charge in [0.05, 0.1) is 21.5 Å². The van der Waals surface area contributed by atoms with Crippen LogP contribution in [0.1, 0.15) is 0 Å². The van der Waals surface area contributed by atoms with Crippen molar-refractivity contribution in [1.82, 2.24) is 5.01 Å². The summed E-state index contributed by atoms with van der Waals surface area (Å²) in [6, 6.07) is 12.0. The molecule has 0 saturated heterocycles. The van der Waals surface area contributed by atoms with Gasteiger partial charge >= 0.3 is 0 Å². The second kappa shape index (κ2) is 9.52. The van der Waals surface area contributed by atoms with Crippen LogP contribution in [0.25, 0.3) is 0 Å². The number of ether oxygens (including phenoxy) is 1. The second-order valence-corrected chi connectivity index (χ2v) is 7.86. The first-order chi connectivity index (χ1) is 13.4. The van der Waals surface area contributed by atoms with E-state index in [0.717, 1.165) is 0 Å². The van der Waals surface area contributed by atoms with Crippen molar-refractivity contribution < 1.29 is 9.53 Å². The number of carbonyl (C=O) groups is 1. The topological polar surface area (TPSA) is 66.3 Å². The molecule has 3 rings (SSSR count). The van der Waals surface area contributed by atoms with E-state index in [0.29, 0.717) is 44.1 Å². The van der Waals surface area contributed by atoms with Crippen LogP contribution in [-0.2, 0) is 4.79 Å². The van der Waals surface area contributed by atoms with Gasteiger partial charge in [0.25, 0.3) is 0 Å².